The van der Waals surface area contributed by atoms with E-state index < -0.39 is 10.0 Å². The summed E-state index contributed by atoms with van der Waals surface area (Å²) in [6.07, 6.45) is 1.43. The number of pyridine rings is 1. The third-order valence-corrected chi connectivity index (χ3v) is 3.65. The van der Waals surface area contributed by atoms with Crippen molar-refractivity contribution < 1.29 is 42.7 Å². The van der Waals surface area contributed by atoms with Crippen LogP contribution in [0.15, 0.2) is 47.5 Å². The van der Waals surface area contributed by atoms with Gasteiger partial charge in [0.05, 0.1) is 12.0 Å². The van der Waals surface area contributed by atoms with Crippen LogP contribution in [0.5, 0.6) is 5.88 Å². The van der Waals surface area contributed by atoms with Crippen molar-refractivity contribution >= 4 is 21.4 Å². The maximum atomic E-state index is 12.0. The average Bonchev–Trinajstić information content (AvgIpc) is 2.39. The summed E-state index contributed by atoms with van der Waals surface area (Å²) in [5.74, 6) is 0.300. The number of ether oxygens (including phenoxy) is 1. The molecule has 1 aromatic carbocycles. The Hall–Kier alpha value is -1.28. The number of aromatic nitrogens is 1. The largest absolute Gasteiger partial charge is 1.00 e. The van der Waals surface area contributed by atoms with Crippen molar-refractivity contribution in [2.75, 3.05) is 12.8 Å². The van der Waals surface area contributed by atoms with Crippen molar-refractivity contribution in [1.82, 2.24) is 4.98 Å². The molecule has 0 atom stereocenters. The number of benzene rings is 1. The summed E-state index contributed by atoms with van der Waals surface area (Å²) in [5.41, 5.74) is 6.25. The molecule has 0 aliphatic rings. The van der Waals surface area contributed by atoms with Gasteiger partial charge < -0.3 is 15.2 Å². The third kappa shape index (κ3) is 4.11. The van der Waals surface area contributed by atoms with Crippen LogP contribution in [0.3, 0.4) is 0 Å². The number of nitrogen functional groups attached to an aromatic ring is 1. The Balaban J connectivity index is 0.00000200. The van der Waals surface area contributed by atoms with Crippen molar-refractivity contribution in [3.8, 4) is 5.88 Å². The molecule has 20 heavy (non-hydrogen) atoms. The number of anilines is 1. The summed E-state index contributed by atoms with van der Waals surface area (Å²) in [6, 6.07) is 8.76. The van der Waals surface area contributed by atoms with Gasteiger partial charge in [-0.05, 0) is 30.3 Å². The van der Waals surface area contributed by atoms with Gasteiger partial charge in [-0.1, -0.05) is 6.07 Å². The number of nitrogens with two attached hydrogens (primary N) is 1. The number of rotatable bonds is 4. The van der Waals surface area contributed by atoms with Gasteiger partial charge in [-0.25, -0.2) is 13.4 Å². The first-order chi connectivity index (χ1) is 9.01. The van der Waals surface area contributed by atoms with E-state index in [4.69, 9.17) is 10.5 Å². The summed E-state index contributed by atoms with van der Waals surface area (Å²) < 4.78 is 32.7. The molecule has 0 fully saturated rings. The van der Waals surface area contributed by atoms with Gasteiger partial charge in [-0.2, -0.15) is 0 Å². The average molecular weight is 301 g/mol. The summed E-state index contributed by atoms with van der Waals surface area (Å²) in [5, 5.41) is 0. The Labute approximate surface area is 139 Å². The fourth-order valence-corrected chi connectivity index (χ4v) is 2.38. The zero-order valence-electron chi connectivity index (χ0n) is 11.1. The van der Waals surface area contributed by atoms with Gasteiger partial charge in [0.15, 0.2) is 0 Å². The second kappa shape index (κ2) is 6.94. The Kier molecular flexibility index (Phi) is 5.82. The topological polar surface area (TPSA) is 96.4 Å². The summed E-state index contributed by atoms with van der Waals surface area (Å²) in [6.45, 7) is 0. The van der Waals surface area contributed by atoms with Crippen molar-refractivity contribution in [2.45, 2.75) is 4.90 Å². The third-order valence-electron chi connectivity index (χ3n) is 2.33. The summed E-state index contributed by atoms with van der Waals surface area (Å²) in [4.78, 5) is 3.96. The van der Waals surface area contributed by atoms with E-state index in [1.54, 1.807) is 0 Å². The molecule has 1 heterocycles. The minimum Gasteiger partial charge on any atom is -0.573 e. The molecular weight excluding hydrogens is 289 g/mol. The van der Waals surface area contributed by atoms with Crippen LogP contribution >= 0.6 is 0 Å². The molecule has 6 nitrogen and oxygen atoms in total. The molecule has 0 amide bonds. The van der Waals surface area contributed by atoms with Crippen LogP contribution in [0, 0.1) is 0 Å². The fraction of sp³-hybridized carbons (Fsp3) is 0.0833. The molecule has 0 spiro atoms. The van der Waals surface area contributed by atoms with Gasteiger partial charge in [0.1, 0.15) is 10.0 Å². The van der Waals surface area contributed by atoms with E-state index in [2.05, 4.69) is 9.71 Å². The van der Waals surface area contributed by atoms with Gasteiger partial charge in [-0.3, -0.25) is 0 Å². The van der Waals surface area contributed by atoms with Crippen LogP contribution in [0.1, 0.15) is 0 Å². The van der Waals surface area contributed by atoms with Gasteiger partial charge in [0.2, 0.25) is 5.88 Å². The molecule has 1 aromatic heterocycles. The number of methoxy groups -OCH3 is 1. The first-order valence-corrected chi connectivity index (χ1v) is 6.79. The maximum Gasteiger partial charge on any atom is 1.00 e. The Morgan fingerprint density at radius 3 is 2.45 bits per heavy atom. The van der Waals surface area contributed by atoms with Gasteiger partial charge in [-0.15, -0.1) is 5.69 Å². The SMILES string of the molecule is COc1cc([N-]S(=O)(=O)c2ccc(N)cc2)ccn1.[Na+]. The maximum absolute atomic E-state index is 12.0. The zero-order chi connectivity index (χ0) is 13.9. The molecule has 0 aliphatic heterocycles. The van der Waals surface area contributed by atoms with E-state index in [-0.39, 0.29) is 40.1 Å². The Bertz CT molecular complexity index is 675. The molecule has 0 bridgehead atoms. The smallest absolute Gasteiger partial charge is 0.573 e. The molecule has 0 unspecified atom stereocenters. The molecular formula is C12H12N3NaO3S. The van der Waals surface area contributed by atoms with E-state index in [9.17, 15) is 8.42 Å². The Morgan fingerprint density at radius 2 is 1.85 bits per heavy atom. The van der Waals surface area contributed by atoms with Gasteiger partial charge in [0.25, 0.3) is 0 Å². The molecule has 0 radical (unpaired) electrons. The standard InChI is InChI=1S/C12H12N3O3S.Na/c1-18-12-8-10(6-7-14-12)15-19(16,17)11-4-2-9(13)3-5-11;/h2-8H,13H2,1H3;/q-1;+1. The number of sulfonamides is 1. The van der Waals surface area contributed by atoms with E-state index in [0.29, 0.717) is 11.6 Å². The summed E-state index contributed by atoms with van der Waals surface area (Å²) in [7, 11) is -2.32. The predicted octanol–water partition coefficient (Wildman–Crippen LogP) is -0.929. The zero-order valence-corrected chi connectivity index (χ0v) is 14.0. The molecule has 2 aromatic rings. The second-order valence-electron chi connectivity index (χ2n) is 3.69. The normalized spacial score (nSPS) is 10.4. The minimum atomic E-state index is -3.77. The van der Waals surface area contributed by atoms with Crippen molar-refractivity contribution in [1.29, 1.82) is 0 Å². The first-order valence-electron chi connectivity index (χ1n) is 5.35. The van der Waals surface area contributed by atoms with E-state index in [0.717, 1.165) is 0 Å². The quantitative estimate of drug-likeness (QED) is 0.581. The number of hydrogen-bond acceptors (Lipinski definition) is 5. The van der Waals surface area contributed by atoms with E-state index in [1.165, 1.54) is 49.7 Å². The Morgan fingerprint density at radius 1 is 1.20 bits per heavy atom. The molecule has 8 heteroatoms. The van der Waals surface area contributed by atoms with Crippen molar-refractivity contribution in [2.24, 2.45) is 0 Å². The van der Waals surface area contributed by atoms with Gasteiger partial charge >= 0.3 is 29.6 Å². The van der Waals surface area contributed by atoms with Crippen LogP contribution in [0.4, 0.5) is 11.4 Å². The van der Waals surface area contributed by atoms with Crippen LogP contribution in [0.25, 0.3) is 4.72 Å². The van der Waals surface area contributed by atoms with Crippen LogP contribution in [-0.4, -0.2) is 20.5 Å². The van der Waals surface area contributed by atoms with Crippen LogP contribution in [0.2, 0.25) is 0 Å². The van der Waals surface area contributed by atoms with Crippen LogP contribution < -0.4 is 40.0 Å². The van der Waals surface area contributed by atoms with Gasteiger partial charge in [0, 0.05) is 11.9 Å². The molecule has 0 saturated heterocycles. The molecule has 2 N–H and O–H groups in total. The van der Waals surface area contributed by atoms with Crippen molar-refractivity contribution in [3.63, 3.8) is 0 Å². The molecule has 0 aliphatic carbocycles. The molecule has 0 saturated carbocycles. The molecule has 2 rings (SSSR count). The van der Waals surface area contributed by atoms with Crippen LogP contribution in [-0.2, 0) is 10.0 Å². The molecule has 100 valence electrons. The fourth-order valence-electron chi connectivity index (χ4n) is 1.40. The second-order valence-corrected chi connectivity index (χ2v) is 5.30. The predicted molar refractivity (Wildman–Crippen MR) is 71.8 cm³/mol. The summed E-state index contributed by atoms with van der Waals surface area (Å²) >= 11 is 0. The van der Waals surface area contributed by atoms with E-state index >= 15 is 0 Å². The number of hydrogen-bond donors (Lipinski definition) is 1. The number of nitrogens with zero attached hydrogens (tertiary/aromatic N) is 2. The minimum absolute atomic E-state index is 0. The van der Waals surface area contributed by atoms with E-state index in [1.807, 2.05) is 0 Å². The van der Waals surface area contributed by atoms with Crippen molar-refractivity contribution in [3.05, 3.63) is 47.3 Å². The monoisotopic (exact) mass is 301 g/mol. The first kappa shape index (κ1) is 16.8.